The fourth-order valence-corrected chi connectivity index (χ4v) is 3.75. The number of phosphoric acid groups is 1. The number of amides is 1. The number of carbonyl (C=O) groups excluding carboxylic acids is 3. The van der Waals surface area contributed by atoms with E-state index in [0.29, 0.717) is 19.4 Å². The molecule has 0 unspecified atom stereocenters. The van der Waals surface area contributed by atoms with Crippen LogP contribution in [0.4, 0.5) is 0 Å². The number of rotatable bonds is 23. The van der Waals surface area contributed by atoms with Crippen molar-refractivity contribution in [3.63, 3.8) is 0 Å². The summed E-state index contributed by atoms with van der Waals surface area (Å²) in [5.41, 5.74) is 0. The van der Waals surface area contributed by atoms with Gasteiger partial charge in [-0.1, -0.05) is 71.1 Å². The summed E-state index contributed by atoms with van der Waals surface area (Å²) < 4.78 is 25.8. The van der Waals surface area contributed by atoms with Crippen molar-refractivity contribution in [2.45, 2.75) is 116 Å². The third-order valence-corrected chi connectivity index (χ3v) is 5.81. The SMILES string of the molecule is CCCCCCCCC(=O)O[C@H](COC(=O)CCCCCCCCCNC(C)=O)COP(=O)(O)O. The summed E-state index contributed by atoms with van der Waals surface area (Å²) in [6.07, 6.45) is 12.1. The minimum atomic E-state index is -4.74. The van der Waals surface area contributed by atoms with Gasteiger partial charge in [0.05, 0.1) is 6.61 Å². The maximum atomic E-state index is 12.1. The molecule has 1 amide bonds. The summed E-state index contributed by atoms with van der Waals surface area (Å²) in [5, 5.41) is 2.77. The molecule has 0 fully saturated rings. The van der Waals surface area contributed by atoms with E-state index in [9.17, 15) is 18.9 Å². The Morgan fingerprint density at radius 2 is 1.29 bits per heavy atom. The minimum absolute atomic E-state index is 0.0103. The Hall–Kier alpha value is -1.48. The summed E-state index contributed by atoms with van der Waals surface area (Å²) in [6.45, 7) is 3.48. The zero-order chi connectivity index (χ0) is 26.4. The Kier molecular flexibility index (Phi) is 20.9. The normalized spacial score (nSPS) is 12.2. The van der Waals surface area contributed by atoms with Gasteiger partial charge in [0, 0.05) is 26.3 Å². The molecule has 10 nitrogen and oxygen atoms in total. The van der Waals surface area contributed by atoms with Gasteiger partial charge in [0.15, 0.2) is 6.10 Å². The van der Waals surface area contributed by atoms with Gasteiger partial charge in [-0.15, -0.1) is 0 Å². The number of esters is 2. The summed E-state index contributed by atoms with van der Waals surface area (Å²) in [4.78, 5) is 52.7. The second-order valence-electron chi connectivity index (χ2n) is 8.81. The Morgan fingerprint density at radius 3 is 1.83 bits per heavy atom. The van der Waals surface area contributed by atoms with Gasteiger partial charge in [-0.2, -0.15) is 0 Å². The molecule has 1 atom stereocenters. The zero-order valence-corrected chi connectivity index (χ0v) is 22.4. The first-order chi connectivity index (χ1) is 16.6. The van der Waals surface area contributed by atoms with Crippen LogP contribution in [0, 0.1) is 0 Å². The highest BCUT2D eigenvalue weighted by molar-refractivity contribution is 7.46. The minimum Gasteiger partial charge on any atom is -0.462 e. The Labute approximate surface area is 210 Å². The number of carbonyl (C=O) groups is 3. The number of ether oxygens (including phenoxy) is 2. The Morgan fingerprint density at radius 1 is 0.771 bits per heavy atom. The number of phosphoric ester groups is 1. The second kappa shape index (κ2) is 21.8. The van der Waals surface area contributed by atoms with Gasteiger partial charge in [-0.25, -0.2) is 4.57 Å². The highest BCUT2D eigenvalue weighted by Crippen LogP contribution is 2.35. The fourth-order valence-electron chi connectivity index (χ4n) is 3.39. The van der Waals surface area contributed by atoms with Gasteiger partial charge in [0.2, 0.25) is 5.91 Å². The molecular formula is C24H46NO9P. The van der Waals surface area contributed by atoms with Crippen molar-refractivity contribution in [1.82, 2.24) is 5.32 Å². The molecule has 0 radical (unpaired) electrons. The van der Waals surface area contributed by atoms with Gasteiger partial charge >= 0.3 is 19.8 Å². The molecule has 206 valence electrons. The predicted octanol–water partition coefficient (Wildman–Crippen LogP) is 4.56. The molecule has 0 spiro atoms. The van der Waals surface area contributed by atoms with E-state index in [1.807, 2.05) is 0 Å². The first-order valence-electron chi connectivity index (χ1n) is 12.9. The number of hydrogen-bond donors (Lipinski definition) is 3. The number of nitrogens with one attached hydrogen (secondary N) is 1. The first kappa shape index (κ1) is 33.5. The third kappa shape index (κ3) is 25.4. The lowest BCUT2D eigenvalue weighted by molar-refractivity contribution is -0.161. The highest BCUT2D eigenvalue weighted by atomic mass is 31.2. The van der Waals surface area contributed by atoms with Crippen LogP contribution in [-0.2, 0) is 32.9 Å². The summed E-state index contributed by atoms with van der Waals surface area (Å²) in [7, 11) is -4.74. The van der Waals surface area contributed by atoms with Gasteiger partial charge in [0.1, 0.15) is 6.61 Å². The van der Waals surface area contributed by atoms with Crippen molar-refractivity contribution in [3.05, 3.63) is 0 Å². The van der Waals surface area contributed by atoms with Crippen LogP contribution in [0.3, 0.4) is 0 Å². The van der Waals surface area contributed by atoms with E-state index in [1.165, 1.54) is 13.3 Å². The van der Waals surface area contributed by atoms with Gasteiger partial charge in [-0.05, 0) is 19.3 Å². The third-order valence-electron chi connectivity index (χ3n) is 5.32. The van der Waals surface area contributed by atoms with E-state index in [2.05, 4.69) is 16.8 Å². The average molecular weight is 524 g/mol. The van der Waals surface area contributed by atoms with Crippen LogP contribution in [0.25, 0.3) is 0 Å². The molecule has 0 heterocycles. The molecule has 0 aliphatic heterocycles. The molecule has 0 saturated carbocycles. The maximum Gasteiger partial charge on any atom is 0.469 e. The fraction of sp³-hybridized carbons (Fsp3) is 0.875. The lowest BCUT2D eigenvalue weighted by Crippen LogP contribution is -2.29. The van der Waals surface area contributed by atoms with E-state index >= 15 is 0 Å². The molecule has 0 bridgehead atoms. The average Bonchev–Trinajstić information content (AvgIpc) is 2.78. The molecule has 35 heavy (non-hydrogen) atoms. The monoisotopic (exact) mass is 523 g/mol. The van der Waals surface area contributed by atoms with Crippen LogP contribution < -0.4 is 5.32 Å². The standard InChI is InChI=1S/C24H46NO9P/c1-3-4-5-6-10-14-17-24(28)34-22(20-33-35(29,30)31)19-32-23(27)16-13-11-8-7-9-12-15-18-25-21(2)26/h22H,3-20H2,1-2H3,(H,25,26)(H2,29,30,31)/t22-/m1/s1. The highest BCUT2D eigenvalue weighted by Gasteiger charge is 2.22. The maximum absolute atomic E-state index is 12.1. The lowest BCUT2D eigenvalue weighted by Gasteiger charge is -2.18. The van der Waals surface area contributed by atoms with Crippen LogP contribution >= 0.6 is 7.82 Å². The van der Waals surface area contributed by atoms with E-state index in [-0.39, 0.29) is 25.4 Å². The van der Waals surface area contributed by atoms with Gasteiger partial charge in [0.25, 0.3) is 0 Å². The van der Waals surface area contributed by atoms with E-state index < -0.39 is 32.5 Å². The molecule has 0 aromatic carbocycles. The van der Waals surface area contributed by atoms with Crippen molar-refractivity contribution in [2.75, 3.05) is 19.8 Å². The Balaban J connectivity index is 4.07. The molecule has 3 N–H and O–H groups in total. The molecule has 0 aromatic rings. The van der Waals surface area contributed by atoms with E-state index in [1.54, 1.807) is 0 Å². The van der Waals surface area contributed by atoms with Gasteiger partial charge in [-0.3, -0.25) is 18.9 Å². The molecule has 0 aromatic heterocycles. The van der Waals surface area contributed by atoms with E-state index in [0.717, 1.165) is 64.2 Å². The van der Waals surface area contributed by atoms with Crippen molar-refractivity contribution in [3.8, 4) is 0 Å². The predicted molar refractivity (Wildman–Crippen MR) is 132 cm³/mol. The first-order valence-corrected chi connectivity index (χ1v) is 14.5. The summed E-state index contributed by atoms with van der Waals surface area (Å²) >= 11 is 0. The molecule has 0 saturated heterocycles. The van der Waals surface area contributed by atoms with Crippen molar-refractivity contribution < 1.29 is 42.7 Å². The van der Waals surface area contributed by atoms with Crippen LogP contribution in [0.5, 0.6) is 0 Å². The van der Waals surface area contributed by atoms with E-state index in [4.69, 9.17) is 19.3 Å². The van der Waals surface area contributed by atoms with Gasteiger partial charge < -0.3 is 24.6 Å². The number of hydrogen-bond acceptors (Lipinski definition) is 7. The largest absolute Gasteiger partial charge is 0.469 e. The lowest BCUT2D eigenvalue weighted by atomic mass is 10.1. The smallest absolute Gasteiger partial charge is 0.462 e. The van der Waals surface area contributed by atoms with Crippen LogP contribution in [-0.4, -0.2) is 53.5 Å². The van der Waals surface area contributed by atoms with Crippen molar-refractivity contribution in [1.29, 1.82) is 0 Å². The number of unbranched alkanes of at least 4 members (excludes halogenated alkanes) is 11. The molecule has 0 aliphatic carbocycles. The zero-order valence-electron chi connectivity index (χ0n) is 21.5. The van der Waals surface area contributed by atoms with Crippen molar-refractivity contribution >= 4 is 25.7 Å². The van der Waals surface area contributed by atoms with Crippen LogP contribution in [0.2, 0.25) is 0 Å². The topological polar surface area (TPSA) is 148 Å². The summed E-state index contributed by atoms with van der Waals surface area (Å²) in [6, 6.07) is 0. The molecule has 0 aliphatic rings. The molecular weight excluding hydrogens is 477 g/mol. The van der Waals surface area contributed by atoms with Crippen LogP contribution in [0.15, 0.2) is 0 Å². The molecule has 0 rings (SSSR count). The quantitative estimate of drug-likeness (QED) is 0.0995. The second-order valence-corrected chi connectivity index (χ2v) is 10.0. The van der Waals surface area contributed by atoms with Crippen LogP contribution in [0.1, 0.15) is 110 Å². The summed E-state index contributed by atoms with van der Waals surface area (Å²) in [5.74, 6) is -0.967. The molecule has 11 heteroatoms. The van der Waals surface area contributed by atoms with Crippen molar-refractivity contribution in [2.24, 2.45) is 0 Å². The Bertz CT molecular complexity index is 624.